The minimum Gasteiger partial charge on any atom is -0.338 e. The first-order valence-electron chi connectivity index (χ1n) is 7.21. The zero-order valence-corrected chi connectivity index (χ0v) is 13.7. The average Bonchev–Trinajstić information content (AvgIpc) is 2.55. The van der Waals surface area contributed by atoms with Crippen LogP contribution < -0.4 is 10.6 Å². The van der Waals surface area contributed by atoms with E-state index in [9.17, 15) is 13.2 Å². The number of rotatable bonds is 4. The van der Waals surface area contributed by atoms with Crippen molar-refractivity contribution >= 4 is 34.7 Å². The lowest BCUT2D eigenvalue weighted by atomic mass is 10.2. The number of halogens is 4. The van der Waals surface area contributed by atoms with E-state index in [0.717, 1.165) is 12.1 Å². The number of benzene rings is 2. The van der Waals surface area contributed by atoms with Crippen molar-refractivity contribution in [2.45, 2.75) is 6.92 Å². The summed E-state index contributed by atoms with van der Waals surface area (Å²) in [6, 6.07) is 10.4. The molecule has 3 rings (SSSR count). The van der Waals surface area contributed by atoms with Crippen LogP contribution in [0.3, 0.4) is 0 Å². The minimum atomic E-state index is -1.55. The molecule has 0 aliphatic heterocycles. The summed E-state index contributed by atoms with van der Waals surface area (Å²) in [5.74, 6) is -3.66. The molecule has 0 spiro atoms. The molecule has 0 atom stereocenters. The van der Waals surface area contributed by atoms with Gasteiger partial charge in [-0.1, -0.05) is 17.7 Å². The molecule has 1 aromatic heterocycles. The van der Waals surface area contributed by atoms with Crippen LogP contribution in [-0.4, -0.2) is 9.97 Å². The van der Waals surface area contributed by atoms with E-state index in [1.807, 2.05) is 0 Å². The van der Waals surface area contributed by atoms with E-state index >= 15 is 0 Å². The van der Waals surface area contributed by atoms with E-state index in [-0.39, 0.29) is 17.5 Å². The fraction of sp³-hybridized carbons (Fsp3) is 0.0588. The Bertz CT molecular complexity index is 934. The van der Waals surface area contributed by atoms with E-state index < -0.39 is 17.5 Å². The molecule has 3 aromatic rings. The lowest BCUT2D eigenvalue weighted by Gasteiger charge is -2.11. The van der Waals surface area contributed by atoms with Gasteiger partial charge in [0.1, 0.15) is 5.82 Å². The first kappa shape index (κ1) is 17.0. The van der Waals surface area contributed by atoms with E-state index in [4.69, 9.17) is 11.6 Å². The smallest absolute Gasteiger partial charge is 0.229 e. The highest BCUT2D eigenvalue weighted by atomic mass is 35.5. The molecular weight excluding hydrogens is 353 g/mol. The third-order valence-electron chi connectivity index (χ3n) is 3.23. The van der Waals surface area contributed by atoms with E-state index in [1.165, 1.54) is 0 Å². The summed E-state index contributed by atoms with van der Waals surface area (Å²) >= 11 is 5.92. The molecule has 0 aliphatic carbocycles. The van der Waals surface area contributed by atoms with Crippen LogP contribution >= 0.6 is 11.6 Å². The van der Waals surface area contributed by atoms with Gasteiger partial charge in [-0.05, 0) is 37.3 Å². The maximum atomic E-state index is 13.8. The Hall–Kier alpha value is -2.80. The molecule has 4 nitrogen and oxygen atoms in total. The monoisotopic (exact) mass is 364 g/mol. The molecule has 0 saturated carbocycles. The highest BCUT2D eigenvalue weighted by Crippen LogP contribution is 2.24. The number of anilines is 4. The maximum Gasteiger partial charge on any atom is 0.229 e. The van der Waals surface area contributed by atoms with Crippen LogP contribution in [0.4, 0.5) is 36.3 Å². The van der Waals surface area contributed by atoms with Crippen molar-refractivity contribution in [2.24, 2.45) is 0 Å². The predicted molar refractivity (Wildman–Crippen MR) is 91.1 cm³/mol. The molecule has 2 aromatic carbocycles. The van der Waals surface area contributed by atoms with Crippen molar-refractivity contribution in [3.8, 4) is 0 Å². The number of hydrogen-bond acceptors (Lipinski definition) is 4. The summed E-state index contributed by atoms with van der Waals surface area (Å²) in [5.41, 5.74) is 1.03. The number of aromatic nitrogens is 2. The van der Waals surface area contributed by atoms with E-state index in [1.54, 1.807) is 37.3 Å². The zero-order chi connectivity index (χ0) is 18.0. The van der Waals surface area contributed by atoms with Crippen molar-refractivity contribution in [1.29, 1.82) is 0 Å². The second kappa shape index (κ2) is 6.98. The molecule has 0 bridgehead atoms. The Balaban J connectivity index is 1.88. The van der Waals surface area contributed by atoms with Gasteiger partial charge in [0.15, 0.2) is 17.5 Å². The van der Waals surface area contributed by atoms with Crippen molar-refractivity contribution in [3.05, 3.63) is 70.6 Å². The number of nitrogens with one attached hydrogen (secondary N) is 2. The Morgan fingerprint density at radius 2 is 1.72 bits per heavy atom. The fourth-order valence-corrected chi connectivity index (χ4v) is 2.33. The Morgan fingerprint density at radius 1 is 0.920 bits per heavy atom. The van der Waals surface area contributed by atoms with Crippen molar-refractivity contribution in [2.75, 3.05) is 10.6 Å². The summed E-state index contributed by atoms with van der Waals surface area (Å²) < 4.78 is 40.1. The predicted octanol–water partition coefficient (Wildman–Crippen LogP) is 5.34. The van der Waals surface area contributed by atoms with Crippen LogP contribution in [0.1, 0.15) is 5.69 Å². The molecule has 0 amide bonds. The Kier molecular flexibility index (Phi) is 4.76. The topological polar surface area (TPSA) is 49.8 Å². The molecule has 8 heteroatoms. The van der Waals surface area contributed by atoms with Gasteiger partial charge in [-0.25, -0.2) is 18.2 Å². The summed E-state index contributed by atoms with van der Waals surface area (Å²) in [6.45, 7) is 1.72. The minimum absolute atomic E-state index is 0.224. The second-order valence-electron chi connectivity index (χ2n) is 5.20. The number of nitrogens with zero attached hydrogens (tertiary/aromatic N) is 2. The van der Waals surface area contributed by atoms with Gasteiger partial charge >= 0.3 is 0 Å². The zero-order valence-electron chi connectivity index (χ0n) is 12.9. The Labute approximate surface area is 146 Å². The molecule has 1 heterocycles. The van der Waals surface area contributed by atoms with Gasteiger partial charge in [-0.2, -0.15) is 4.98 Å². The molecule has 0 saturated heterocycles. The van der Waals surface area contributed by atoms with E-state index in [0.29, 0.717) is 16.4 Å². The van der Waals surface area contributed by atoms with Crippen molar-refractivity contribution < 1.29 is 13.2 Å². The van der Waals surface area contributed by atoms with Crippen LogP contribution in [0.25, 0.3) is 0 Å². The largest absolute Gasteiger partial charge is 0.338 e. The molecule has 0 unspecified atom stereocenters. The van der Waals surface area contributed by atoms with E-state index in [2.05, 4.69) is 20.6 Å². The highest BCUT2D eigenvalue weighted by molar-refractivity contribution is 6.30. The van der Waals surface area contributed by atoms with Gasteiger partial charge < -0.3 is 10.6 Å². The molecule has 2 N–H and O–H groups in total. The van der Waals surface area contributed by atoms with Gasteiger partial charge in [0.25, 0.3) is 0 Å². The summed E-state index contributed by atoms with van der Waals surface area (Å²) in [5, 5.41) is 6.13. The summed E-state index contributed by atoms with van der Waals surface area (Å²) in [7, 11) is 0. The molecule has 0 fully saturated rings. The summed E-state index contributed by atoms with van der Waals surface area (Å²) in [4.78, 5) is 8.41. The van der Waals surface area contributed by atoms with Gasteiger partial charge in [0.2, 0.25) is 5.95 Å². The quantitative estimate of drug-likeness (QED) is 0.613. The van der Waals surface area contributed by atoms with Crippen LogP contribution in [0.5, 0.6) is 0 Å². The standard InChI is InChI=1S/C17H12ClF3N4/c1-9-7-14(24-13-6-5-12(19)15(20)16(13)21)25-17(22-9)23-11-4-2-3-10(18)8-11/h2-8H,1H3,(H2,22,23,24,25). The Morgan fingerprint density at radius 3 is 2.48 bits per heavy atom. The lowest BCUT2D eigenvalue weighted by Crippen LogP contribution is -2.04. The van der Waals surface area contributed by atoms with Crippen molar-refractivity contribution in [3.63, 3.8) is 0 Å². The first-order valence-corrected chi connectivity index (χ1v) is 7.59. The number of aryl methyl sites for hydroxylation is 1. The third-order valence-corrected chi connectivity index (χ3v) is 3.47. The second-order valence-corrected chi connectivity index (χ2v) is 5.64. The van der Waals surface area contributed by atoms with Crippen LogP contribution in [-0.2, 0) is 0 Å². The number of hydrogen-bond donors (Lipinski definition) is 2. The molecule has 0 radical (unpaired) electrons. The van der Waals surface area contributed by atoms with Gasteiger partial charge in [-0.3, -0.25) is 0 Å². The normalized spacial score (nSPS) is 10.6. The lowest BCUT2D eigenvalue weighted by molar-refractivity contribution is 0.449. The van der Waals surface area contributed by atoms with Gasteiger partial charge in [-0.15, -0.1) is 0 Å². The molecule has 0 aliphatic rings. The molecule has 128 valence electrons. The van der Waals surface area contributed by atoms with Crippen molar-refractivity contribution in [1.82, 2.24) is 9.97 Å². The molecule has 25 heavy (non-hydrogen) atoms. The average molecular weight is 365 g/mol. The van der Waals surface area contributed by atoms with Crippen LogP contribution in [0.2, 0.25) is 5.02 Å². The van der Waals surface area contributed by atoms with Crippen LogP contribution in [0.15, 0.2) is 42.5 Å². The van der Waals surface area contributed by atoms with Crippen LogP contribution in [0, 0.1) is 24.4 Å². The summed E-state index contributed by atoms with van der Waals surface area (Å²) in [6.07, 6.45) is 0. The van der Waals surface area contributed by atoms with Gasteiger partial charge in [0.05, 0.1) is 5.69 Å². The SMILES string of the molecule is Cc1cc(Nc2ccc(F)c(F)c2F)nc(Nc2cccc(Cl)c2)n1. The maximum absolute atomic E-state index is 13.8. The molecular formula is C17H12ClF3N4. The third kappa shape index (κ3) is 4.00. The fourth-order valence-electron chi connectivity index (χ4n) is 2.14. The highest BCUT2D eigenvalue weighted by Gasteiger charge is 2.14. The first-order chi connectivity index (χ1) is 11.9. The van der Waals surface area contributed by atoms with Gasteiger partial charge in [0, 0.05) is 22.5 Å².